The van der Waals surface area contributed by atoms with E-state index in [9.17, 15) is 33.9 Å². The Kier molecular flexibility index (Phi) is 20.5. The lowest BCUT2D eigenvalue weighted by atomic mass is 9.90. The molecular weight excluding hydrogens is 861 g/mol. The number of hydrogen-bond donors (Lipinski definition) is 1. The van der Waals surface area contributed by atoms with Crippen LogP contribution in [-0.2, 0) is 42.9 Å². The fourth-order valence-electron chi connectivity index (χ4n) is 7.83. The van der Waals surface area contributed by atoms with Crippen molar-refractivity contribution in [2.24, 2.45) is 11.8 Å². The zero-order chi connectivity index (χ0) is 49.5. The number of benzene rings is 2. The summed E-state index contributed by atoms with van der Waals surface area (Å²) in [7, 11) is 6.27. The maximum absolute atomic E-state index is 13.3. The average Bonchev–Trinajstić information content (AvgIpc) is 3.85. The van der Waals surface area contributed by atoms with E-state index in [0.717, 1.165) is 4.90 Å². The van der Waals surface area contributed by atoms with Gasteiger partial charge in [-0.2, -0.15) is 0 Å². The van der Waals surface area contributed by atoms with E-state index < -0.39 is 71.3 Å². The summed E-state index contributed by atoms with van der Waals surface area (Å²) in [5.41, 5.74) is -0.401. The summed E-state index contributed by atoms with van der Waals surface area (Å²) < 4.78 is 49.0. The molecule has 66 heavy (non-hydrogen) atoms. The van der Waals surface area contributed by atoms with Crippen molar-refractivity contribution in [3.8, 4) is 23.0 Å². The molecule has 2 amide bonds. The molecule has 2 aliphatic rings. The molecule has 6 atom stereocenters. The molecule has 18 heteroatoms. The van der Waals surface area contributed by atoms with E-state index >= 15 is 0 Å². The van der Waals surface area contributed by atoms with E-state index in [1.165, 1.54) is 33.0 Å². The minimum absolute atomic E-state index is 0.00460. The number of esters is 1. The summed E-state index contributed by atoms with van der Waals surface area (Å²) in [5.74, 6) is -1.48. The van der Waals surface area contributed by atoms with Gasteiger partial charge in [0.2, 0.25) is 0 Å². The Morgan fingerprint density at radius 2 is 1.00 bits per heavy atom. The van der Waals surface area contributed by atoms with Gasteiger partial charge in [0.15, 0.2) is 23.0 Å². The summed E-state index contributed by atoms with van der Waals surface area (Å²) in [6.07, 6.45) is 0.0285. The lowest BCUT2D eigenvalue weighted by molar-refractivity contribution is -0.148. The summed E-state index contributed by atoms with van der Waals surface area (Å²) in [4.78, 5) is 78.7. The average molecular weight is 931 g/mol. The van der Waals surface area contributed by atoms with Crippen LogP contribution in [-0.4, -0.2) is 135 Å². The third-order valence-corrected chi connectivity index (χ3v) is 10.6. The van der Waals surface area contributed by atoms with Crippen molar-refractivity contribution in [2.45, 2.75) is 123 Å². The topological polar surface area (TPSA) is 212 Å². The van der Waals surface area contributed by atoms with Crippen molar-refractivity contribution < 1.29 is 76.5 Å². The van der Waals surface area contributed by atoms with Crippen molar-refractivity contribution in [2.75, 3.05) is 61.5 Å². The van der Waals surface area contributed by atoms with Crippen LogP contribution in [0.15, 0.2) is 36.4 Å². The summed E-state index contributed by atoms with van der Waals surface area (Å²) in [6, 6.07) is 6.66. The molecule has 2 aliphatic heterocycles. The number of aliphatic carboxylic acids is 1. The molecule has 2 heterocycles. The van der Waals surface area contributed by atoms with Gasteiger partial charge >= 0.3 is 24.1 Å². The summed E-state index contributed by atoms with van der Waals surface area (Å²) in [5, 5.41) is 9.78. The molecule has 2 fully saturated rings. The van der Waals surface area contributed by atoms with E-state index in [1.807, 2.05) is 0 Å². The van der Waals surface area contributed by atoms with Crippen LogP contribution in [0.5, 0.6) is 23.0 Å². The number of rotatable bonds is 19. The maximum Gasteiger partial charge on any atom is 0.411 e. The van der Waals surface area contributed by atoms with Gasteiger partial charge < -0.3 is 47.7 Å². The number of nitrogens with zero attached hydrogens (tertiary/aromatic N) is 2. The Bertz CT molecular complexity index is 1970. The van der Waals surface area contributed by atoms with Crippen LogP contribution < -0.4 is 18.9 Å². The van der Waals surface area contributed by atoms with Gasteiger partial charge in [0.1, 0.15) is 34.9 Å². The third kappa shape index (κ3) is 15.0. The summed E-state index contributed by atoms with van der Waals surface area (Å²) in [6.45, 7) is 16.9. The number of carboxylic acid groups (broad SMARTS) is 1. The Hall–Kier alpha value is -5.62. The standard InChI is InChI=1S/C25H37NO8.C23H33NO8/c1-8-32-23(28)19-15-18(16(2)27)22(26(19)24(29)34-25(3,4)5)17-10-11-20(31-7)21(14-17)33-13-9-12-30-6;1-14(25)16-13-17(21(26)27)24(22(28)32-23(2,3)4)20(16)15-8-9-18(30-6)19(12-15)31-11-7-10-29-5/h10-11,14,18-19,22H,8-9,12-13,15H2,1-7H3;8-9,12,16-17,20H,7,10-11,13H2,1-6H3,(H,26,27)/t18-,19+,22+;16?,17-,20-/m10/s1. The predicted octanol–water partition coefficient (Wildman–Crippen LogP) is 7.38. The Labute approximate surface area is 388 Å². The Balaban J connectivity index is 0.000000351. The molecule has 368 valence electrons. The van der Waals surface area contributed by atoms with Gasteiger partial charge in [0.25, 0.3) is 0 Å². The number of carbonyl (C=O) groups excluding carboxylic acids is 5. The first-order valence-corrected chi connectivity index (χ1v) is 22.1. The largest absolute Gasteiger partial charge is 0.493 e. The van der Waals surface area contributed by atoms with Crippen LogP contribution in [0, 0.1) is 11.8 Å². The van der Waals surface area contributed by atoms with Crippen molar-refractivity contribution in [3.63, 3.8) is 0 Å². The molecule has 1 unspecified atom stereocenters. The predicted molar refractivity (Wildman–Crippen MR) is 241 cm³/mol. The monoisotopic (exact) mass is 930 g/mol. The highest BCUT2D eigenvalue weighted by atomic mass is 16.6. The zero-order valence-electron chi connectivity index (χ0n) is 40.8. The molecule has 18 nitrogen and oxygen atoms in total. The van der Waals surface area contributed by atoms with Gasteiger partial charge in [-0.05, 0) is 111 Å². The first-order valence-electron chi connectivity index (χ1n) is 22.1. The number of carbonyl (C=O) groups is 6. The minimum Gasteiger partial charge on any atom is -0.493 e. The van der Waals surface area contributed by atoms with Crippen LogP contribution in [0.25, 0.3) is 0 Å². The molecule has 0 bridgehead atoms. The third-order valence-electron chi connectivity index (χ3n) is 10.6. The molecule has 0 radical (unpaired) electrons. The van der Waals surface area contributed by atoms with Gasteiger partial charge in [0, 0.05) is 52.1 Å². The number of likely N-dealkylation sites (tertiary alicyclic amines) is 2. The fraction of sp³-hybridized carbons (Fsp3) is 0.625. The van der Waals surface area contributed by atoms with E-state index in [0.29, 0.717) is 73.4 Å². The van der Waals surface area contributed by atoms with Crippen molar-refractivity contribution >= 4 is 35.7 Å². The number of carboxylic acids is 1. The number of methoxy groups -OCH3 is 4. The molecule has 0 aromatic heterocycles. The second-order valence-electron chi connectivity index (χ2n) is 17.9. The number of ketones is 2. The smallest absolute Gasteiger partial charge is 0.411 e. The van der Waals surface area contributed by atoms with Crippen molar-refractivity contribution in [1.82, 2.24) is 9.80 Å². The Morgan fingerprint density at radius 3 is 1.33 bits per heavy atom. The minimum atomic E-state index is -1.19. The van der Waals surface area contributed by atoms with Gasteiger partial charge in [0.05, 0.1) is 46.1 Å². The van der Waals surface area contributed by atoms with Crippen LogP contribution >= 0.6 is 0 Å². The molecular formula is C48H70N2O16. The molecule has 0 aliphatic carbocycles. The van der Waals surface area contributed by atoms with Crippen LogP contribution in [0.2, 0.25) is 0 Å². The second kappa shape index (κ2) is 24.8. The highest BCUT2D eigenvalue weighted by molar-refractivity contribution is 5.88. The van der Waals surface area contributed by atoms with Crippen LogP contribution in [0.3, 0.4) is 0 Å². The molecule has 1 N–H and O–H groups in total. The normalized spacial score (nSPS) is 20.4. The number of hydrogen-bond acceptors (Lipinski definition) is 15. The van der Waals surface area contributed by atoms with Gasteiger partial charge in [-0.25, -0.2) is 19.2 Å². The number of amides is 2. The van der Waals surface area contributed by atoms with Crippen LogP contribution in [0.1, 0.15) is 111 Å². The summed E-state index contributed by atoms with van der Waals surface area (Å²) >= 11 is 0. The first-order chi connectivity index (χ1) is 31.0. The highest BCUT2D eigenvalue weighted by Gasteiger charge is 2.52. The van der Waals surface area contributed by atoms with Gasteiger partial charge in [-0.15, -0.1) is 0 Å². The molecule has 2 aromatic carbocycles. The molecule has 2 aromatic rings. The van der Waals surface area contributed by atoms with E-state index in [4.69, 9.17) is 42.6 Å². The first kappa shape index (κ1) is 54.7. The second-order valence-corrected chi connectivity index (χ2v) is 17.9. The van der Waals surface area contributed by atoms with Gasteiger partial charge in [-0.3, -0.25) is 19.4 Å². The van der Waals surface area contributed by atoms with E-state index in [2.05, 4.69) is 0 Å². The molecule has 0 saturated carbocycles. The maximum atomic E-state index is 13.3. The molecule has 4 rings (SSSR count). The lowest BCUT2D eigenvalue weighted by Gasteiger charge is -2.33. The van der Waals surface area contributed by atoms with Crippen molar-refractivity contribution in [1.29, 1.82) is 0 Å². The quantitative estimate of drug-likeness (QED) is 0.0827. The van der Waals surface area contributed by atoms with Crippen molar-refractivity contribution in [3.05, 3.63) is 47.5 Å². The molecule has 0 spiro atoms. The molecule has 2 saturated heterocycles. The number of Topliss-reactive ketones (excluding diaryl/α,β-unsaturated/α-hetero) is 2. The SMILES string of the molecule is CCOC(=O)[C@@H]1C[C@H](C(C)=O)[C@H](c2ccc(OC)c(OCCCOC)c2)N1C(=O)OC(C)(C)C.COCCCOc1cc([C@H]2C(C(C)=O)C[C@@H](C(=O)O)N2C(=O)OC(C)(C)C)ccc1OC. The zero-order valence-corrected chi connectivity index (χ0v) is 40.8. The highest BCUT2D eigenvalue weighted by Crippen LogP contribution is 2.46. The van der Waals surface area contributed by atoms with Gasteiger partial charge in [-0.1, -0.05) is 12.1 Å². The Morgan fingerprint density at radius 1 is 0.606 bits per heavy atom. The van der Waals surface area contributed by atoms with Crippen LogP contribution in [0.4, 0.5) is 9.59 Å². The fourth-order valence-corrected chi connectivity index (χ4v) is 7.83. The lowest BCUT2D eigenvalue weighted by Crippen LogP contribution is -2.45. The van der Waals surface area contributed by atoms with E-state index in [1.54, 1.807) is 99.1 Å². The van der Waals surface area contributed by atoms with E-state index in [-0.39, 0.29) is 31.0 Å². The number of ether oxygens (including phenoxy) is 9.